The third kappa shape index (κ3) is 4.39. The molecule has 0 saturated heterocycles. The number of carbonyl (C=O) groups is 1. The second-order valence-corrected chi connectivity index (χ2v) is 6.84. The average Bonchev–Trinajstić information content (AvgIpc) is 3.21. The standard InChI is InChI=1S/C16H13Cl2N5OS/c1-9-4-5-10(7-11(9)17)21-16-22-14(18)13(25-16)8-20-23-15(24)12-3-2-6-19-12/h2-8,19H,1H3,(H,21,22)(H,23,24)/b20-8+. The van der Waals surface area contributed by atoms with Crippen LogP contribution in [-0.2, 0) is 0 Å². The van der Waals surface area contributed by atoms with Crippen LogP contribution in [0.4, 0.5) is 10.8 Å². The molecule has 1 aromatic carbocycles. The highest BCUT2D eigenvalue weighted by atomic mass is 35.5. The van der Waals surface area contributed by atoms with Crippen LogP contribution in [0.15, 0.2) is 41.6 Å². The number of rotatable bonds is 5. The van der Waals surface area contributed by atoms with Gasteiger partial charge in [-0.3, -0.25) is 4.79 Å². The molecule has 3 N–H and O–H groups in total. The van der Waals surface area contributed by atoms with Crippen molar-refractivity contribution < 1.29 is 4.79 Å². The summed E-state index contributed by atoms with van der Waals surface area (Å²) >= 11 is 13.5. The summed E-state index contributed by atoms with van der Waals surface area (Å²) in [6, 6.07) is 9.02. The molecule has 1 amide bonds. The number of hydrogen-bond donors (Lipinski definition) is 3. The van der Waals surface area contributed by atoms with E-state index in [0.29, 0.717) is 25.9 Å². The minimum absolute atomic E-state index is 0.295. The minimum Gasteiger partial charge on any atom is -0.357 e. The Morgan fingerprint density at radius 3 is 2.92 bits per heavy atom. The van der Waals surface area contributed by atoms with E-state index >= 15 is 0 Å². The molecule has 9 heteroatoms. The van der Waals surface area contributed by atoms with Crippen molar-refractivity contribution in [2.24, 2.45) is 5.10 Å². The number of anilines is 2. The molecule has 0 aliphatic rings. The van der Waals surface area contributed by atoms with Gasteiger partial charge in [-0.2, -0.15) is 5.10 Å². The van der Waals surface area contributed by atoms with Crippen LogP contribution in [0.3, 0.4) is 0 Å². The molecule has 0 aliphatic heterocycles. The van der Waals surface area contributed by atoms with Crippen molar-refractivity contribution in [1.82, 2.24) is 15.4 Å². The number of amides is 1. The van der Waals surface area contributed by atoms with E-state index < -0.39 is 0 Å². The molecule has 128 valence electrons. The average molecular weight is 394 g/mol. The van der Waals surface area contributed by atoms with Gasteiger partial charge in [-0.05, 0) is 36.8 Å². The van der Waals surface area contributed by atoms with Crippen LogP contribution in [0.2, 0.25) is 10.2 Å². The van der Waals surface area contributed by atoms with Gasteiger partial charge >= 0.3 is 0 Å². The summed E-state index contributed by atoms with van der Waals surface area (Å²) in [5.74, 6) is -0.338. The number of aryl methyl sites for hydroxylation is 1. The molecule has 6 nitrogen and oxygen atoms in total. The minimum atomic E-state index is -0.338. The van der Waals surface area contributed by atoms with E-state index in [1.165, 1.54) is 17.6 Å². The maximum atomic E-state index is 11.8. The number of benzene rings is 1. The predicted octanol–water partition coefficient (Wildman–Crippen LogP) is 4.59. The lowest BCUT2D eigenvalue weighted by Crippen LogP contribution is -2.17. The Labute approximate surface area is 157 Å². The first-order valence-electron chi connectivity index (χ1n) is 7.19. The number of aromatic nitrogens is 2. The zero-order valence-corrected chi connectivity index (χ0v) is 15.3. The number of hydrogen-bond acceptors (Lipinski definition) is 5. The van der Waals surface area contributed by atoms with E-state index in [1.807, 2.05) is 25.1 Å². The lowest BCUT2D eigenvalue weighted by atomic mass is 10.2. The zero-order chi connectivity index (χ0) is 17.8. The summed E-state index contributed by atoms with van der Waals surface area (Å²) < 4.78 is 0. The molecule has 0 aliphatic carbocycles. The molecule has 3 aromatic rings. The summed E-state index contributed by atoms with van der Waals surface area (Å²) in [6.07, 6.45) is 3.11. The number of thiazole rings is 1. The molecule has 2 heterocycles. The third-order valence-corrected chi connectivity index (χ3v) is 4.94. The second kappa shape index (κ2) is 7.69. The van der Waals surface area contributed by atoms with Gasteiger partial charge in [0.05, 0.1) is 11.1 Å². The highest BCUT2D eigenvalue weighted by molar-refractivity contribution is 7.17. The SMILES string of the molecule is Cc1ccc(Nc2nc(Cl)c(/C=N/NC(=O)c3ccc[nH]3)s2)cc1Cl. The highest BCUT2D eigenvalue weighted by Gasteiger charge is 2.09. The molecule has 0 unspecified atom stereocenters. The van der Waals surface area contributed by atoms with Crippen molar-refractivity contribution in [3.63, 3.8) is 0 Å². The molecule has 3 rings (SSSR count). The zero-order valence-electron chi connectivity index (χ0n) is 13.0. The van der Waals surface area contributed by atoms with Crippen LogP contribution in [0, 0.1) is 6.92 Å². The van der Waals surface area contributed by atoms with Crippen LogP contribution in [0.25, 0.3) is 0 Å². The first-order valence-corrected chi connectivity index (χ1v) is 8.76. The van der Waals surface area contributed by atoms with Crippen LogP contribution < -0.4 is 10.7 Å². The molecule has 0 spiro atoms. The largest absolute Gasteiger partial charge is 0.357 e. The molecule has 25 heavy (non-hydrogen) atoms. The van der Waals surface area contributed by atoms with Crippen LogP contribution in [-0.4, -0.2) is 22.1 Å². The molecule has 0 saturated carbocycles. The fourth-order valence-electron chi connectivity index (χ4n) is 1.92. The number of hydrazone groups is 1. The second-order valence-electron chi connectivity index (χ2n) is 5.05. The molecular formula is C16H13Cl2N5OS. The van der Waals surface area contributed by atoms with E-state index in [-0.39, 0.29) is 5.91 Å². The Morgan fingerprint density at radius 2 is 2.20 bits per heavy atom. The van der Waals surface area contributed by atoms with Gasteiger partial charge in [0, 0.05) is 16.9 Å². The Kier molecular flexibility index (Phi) is 5.37. The number of nitrogens with one attached hydrogen (secondary N) is 3. The van der Waals surface area contributed by atoms with Gasteiger partial charge < -0.3 is 10.3 Å². The third-order valence-electron chi connectivity index (χ3n) is 3.22. The molecule has 0 bridgehead atoms. The Morgan fingerprint density at radius 1 is 1.36 bits per heavy atom. The van der Waals surface area contributed by atoms with Gasteiger partial charge in [0.2, 0.25) is 0 Å². The molecule has 0 atom stereocenters. The van der Waals surface area contributed by atoms with Crippen LogP contribution >= 0.6 is 34.5 Å². The monoisotopic (exact) mass is 393 g/mol. The number of carbonyl (C=O) groups excluding carboxylic acids is 1. The van der Waals surface area contributed by atoms with Crippen molar-refractivity contribution in [3.8, 4) is 0 Å². The number of H-pyrrole nitrogens is 1. The normalized spacial score (nSPS) is 11.0. The highest BCUT2D eigenvalue weighted by Crippen LogP contribution is 2.29. The van der Waals surface area contributed by atoms with Crippen molar-refractivity contribution in [2.75, 3.05) is 5.32 Å². The molecule has 0 fully saturated rings. The van der Waals surface area contributed by atoms with Crippen LogP contribution in [0.5, 0.6) is 0 Å². The van der Waals surface area contributed by atoms with E-state index in [4.69, 9.17) is 23.2 Å². The Balaban J connectivity index is 1.66. The summed E-state index contributed by atoms with van der Waals surface area (Å²) in [5, 5.41) is 8.60. The van der Waals surface area contributed by atoms with Crippen molar-refractivity contribution >= 4 is 57.5 Å². The van der Waals surface area contributed by atoms with Gasteiger partial charge in [-0.1, -0.05) is 40.6 Å². The molecular weight excluding hydrogens is 381 g/mol. The van der Waals surface area contributed by atoms with Gasteiger partial charge in [-0.25, -0.2) is 10.4 Å². The van der Waals surface area contributed by atoms with Gasteiger partial charge in [0.15, 0.2) is 10.3 Å². The number of aromatic amines is 1. The van der Waals surface area contributed by atoms with E-state index in [1.54, 1.807) is 18.3 Å². The number of halogens is 2. The van der Waals surface area contributed by atoms with Crippen molar-refractivity contribution in [3.05, 3.63) is 62.8 Å². The number of nitrogens with zero attached hydrogens (tertiary/aromatic N) is 2. The summed E-state index contributed by atoms with van der Waals surface area (Å²) in [6.45, 7) is 1.93. The maximum Gasteiger partial charge on any atom is 0.287 e. The smallest absolute Gasteiger partial charge is 0.287 e. The van der Waals surface area contributed by atoms with Crippen LogP contribution in [0.1, 0.15) is 20.9 Å². The summed E-state index contributed by atoms with van der Waals surface area (Å²) in [7, 11) is 0. The van der Waals surface area contributed by atoms with Gasteiger partial charge in [0.1, 0.15) is 5.69 Å². The molecule has 0 radical (unpaired) electrons. The lowest BCUT2D eigenvalue weighted by Gasteiger charge is -2.04. The van der Waals surface area contributed by atoms with E-state index in [2.05, 4.69) is 25.8 Å². The summed E-state index contributed by atoms with van der Waals surface area (Å²) in [4.78, 5) is 19.4. The predicted molar refractivity (Wildman–Crippen MR) is 102 cm³/mol. The van der Waals surface area contributed by atoms with Crippen molar-refractivity contribution in [2.45, 2.75) is 6.92 Å². The quantitative estimate of drug-likeness (QED) is 0.437. The fourth-order valence-corrected chi connectivity index (χ4v) is 3.15. The van der Waals surface area contributed by atoms with E-state index in [9.17, 15) is 4.79 Å². The molecule has 2 aromatic heterocycles. The maximum absolute atomic E-state index is 11.8. The van der Waals surface area contributed by atoms with Gasteiger partial charge in [0.25, 0.3) is 5.91 Å². The van der Waals surface area contributed by atoms with Gasteiger partial charge in [-0.15, -0.1) is 0 Å². The first-order chi connectivity index (χ1) is 12.0. The first kappa shape index (κ1) is 17.5. The Bertz CT molecular complexity index is 921. The lowest BCUT2D eigenvalue weighted by molar-refractivity contribution is 0.0951. The van der Waals surface area contributed by atoms with Crippen molar-refractivity contribution in [1.29, 1.82) is 0 Å². The topological polar surface area (TPSA) is 82.2 Å². The Hall–Kier alpha value is -2.35. The summed E-state index contributed by atoms with van der Waals surface area (Å²) in [5.41, 5.74) is 4.64. The van der Waals surface area contributed by atoms with E-state index in [0.717, 1.165) is 11.3 Å². The fraction of sp³-hybridized carbons (Fsp3) is 0.0625.